The Hall–Kier alpha value is -2.86. The minimum Gasteiger partial charge on any atom is -0.491 e. The van der Waals surface area contributed by atoms with Crippen LogP contribution >= 0.6 is 0 Å². The van der Waals surface area contributed by atoms with Crippen LogP contribution < -0.4 is 15.4 Å². The molecule has 0 saturated heterocycles. The van der Waals surface area contributed by atoms with Gasteiger partial charge in [0.25, 0.3) is 6.47 Å². The summed E-state index contributed by atoms with van der Waals surface area (Å²) < 4.78 is 5.49. The number of hydrogen-bond donors (Lipinski definition) is 2. The third-order valence-electron chi connectivity index (χ3n) is 5.50. The van der Waals surface area contributed by atoms with Gasteiger partial charge < -0.3 is 20.5 Å². The van der Waals surface area contributed by atoms with Crippen molar-refractivity contribution < 1.29 is 19.4 Å². The number of hydrogen-bond acceptors (Lipinski definition) is 5. The topological polar surface area (TPSA) is 92.9 Å². The Kier molecular flexibility index (Phi) is 18.7. The molecule has 0 bridgehead atoms. The maximum atomic E-state index is 10.8. The molecule has 0 aromatic heterocycles. The van der Waals surface area contributed by atoms with E-state index < -0.39 is 0 Å². The van der Waals surface area contributed by atoms with Crippen LogP contribution in [0.2, 0.25) is 0 Å². The van der Waals surface area contributed by atoms with Gasteiger partial charge in [-0.1, -0.05) is 57.5 Å². The molecule has 0 aliphatic rings. The van der Waals surface area contributed by atoms with Crippen LogP contribution in [0.5, 0.6) is 5.75 Å². The zero-order valence-corrected chi connectivity index (χ0v) is 24.1. The summed E-state index contributed by atoms with van der Waals surface area (Å²) in [6.07, 6.45) is 5.26. The third kappa shape index (κ3) is 16.5. The van der Waals surface area contributed by atoms with Crippen LogP contribution in [0.4, 0.5) is 5.69 Å². The summed E-state index contributed by atoms with van der Waals surface area (Å²) in [4.78, 5) is 21.7. The lowest BCUT2D eigenvalue weighted by atomic mass is 9.96. The second kappa shape index (κ2) is 20.2. The lowest BCUT2D eigenvalue weighted by Crippen LogP contribution is -2.28. The summed E-state index contributed by atoms with van der Waals surface area (Å²) in [5.41, 5.74) is 10.1. The van der Waals surface area contributed by atoms with E-state index in [4.69, 9.17) is 20.4 Å². The molecule has 0 radical (unpaired) electrons. The predicted molar refractivity (Wildman–Crippen MR) is 156 cm³/mol. The molecule has 6 heteroatoms. The number of rotatable bonds is 13. The first-order valence-corrected chi connectivity index (χ1v) is 13.5. The molecular weight excluding hydrogens is 464 g/mol. The number of carbonyl (C=O) groups is 2. The summed E-state index contributed by atoms with van der Waals surface area (Å²) in [5.74, 6) is 1.70. The van der Waals surface area contributed by atoms with Crippen molar-refractivity contribution in [2.24, 2.45) is 11.7 Å². The fraction of sp³-hybridized carbons (Fsp3) is 0.548. The lowest BCUT2D eigenvalue weighted by molar-refractivity contribution is -0.123. The number of carboxylic acid groups (broad SMARTS) is 1. The fourth-order valence-corrected chi connectivity index (χ4v) is 4.01. The molecule has 0 fully saturated rings. The van der Waals surface area contributed by atoms with Crippen molar-refractivity contribution in [3.63, 3.8) is 0 Å². The number of carbonyl (C=O) groups excluding carboxylic acids is 1. The van der Waals surface area contributed by atoms with Crippen LogP contribution in [0.15, 0.2) is 48.5 Å². The molecule has 0 aliphatic heterocycles. The van der Waals surface area contributed by atoms with Gasteiger partial charge in [-0.3, -0.25) is 9.59 Å². The highest BCUT2D eigenvalue weighted by Crippen LogP contribution is 2.23. The average Bonchev–Trinajstić information content (AvgIpc) is 2.81. The molecule has 0 aliphatic carbocycles. The van der Waals surface area contributed by atoms with E-state index in [0.717, 1.165) is 37.2 Å². The van der Waals surface area contributed by atoms with Gasteiger partial charge in [-0.05, 0) is 82.2 Å². The molecule has 37 heavy (non-hydrogen) atoms. The van der Waals surface area contributed by atoms with Gasteiger partial charge in [0.2, 0.25) is 0 Å². The molecule has 0 saturated carbocycles. The van der Waals surface area contributed by atoms with Crippen LogP contribution in [0, 0.1) is 5.92 Å². The monoisotopic (exact) mass is 514 g/mol. The van der Waals surface area contributed by atoms with Crippen LogP contribution in [0.3, 0.4) is 0 Å². The van der Waals surface area contributed by atoms with E-state index in [-0.39, 0.29) is 24.4 Å². The van der Waals surface area contributed by atoms with Gasteiger partial charge in [0.1, 0.15) is 11.5 Å². The molecule has 6 nitrogen and oxygen atoms in total. The van der Waals surface area contributed by atoms with E-state index in [1.165, 1.54) is 24.1 Å². The first kappa shape index (κ1) is 34.1. The van der Waals surface area contributed by atoms with Crippen LogP contribution in [-0.2, 0) is 22.4 Å². The molecule has 0 heterocycles. The van der Waals surface area contributed by atoms with Crippen molar-refractivity contribution in [3.8, 4) is 5.75 Å². The predicted octanol–water partition coefficient (Wildman–Crippen LogP) is 6.54. The van der Waals surface area contributed by atoms with Gasteiger partial charge in [-0.15, -0.1) is 0 Å². The molecule has 0 amide bonds. The van der Waals surface area contributed by atoms with Crippen molar-refractivity contribution in [2.45, 2.75) is 92.7 Å². The largest absolute Gasteiger partial charge is 0.491 e. The molecule has 3 N–H and O–H groups in total. The number of ketones is 1. The number of unbranched alkanes of at least 4 members (excludes halogenated alkanes) is 1. The molecule has 2 aromatic rings. The Labute approximate surface area is 225 Å². The maximum absolute atomic E-state index is 10.8. The zero-order chi connectivity index (χ0) is 28.2. The zero-order valence-electron chi connectivity index (χ0n) is 24.1. The maximum Gasteiger partial charge on any atom is 0.290 e. The first-order chi connectivity index (χ1) is 17.6. The van der Waals surface area contributed by atoms with Gasteiger partial charge in [0, 0.05) is 31.2 Å². The second-order valence-corrected chi connectivity index (χ2v) is 9.95. The highest BCUT2D eigenvalue weighted by atomic mass is 16.5. The fourth-order valence-electron chi connectivity index (χ4n) is 4.01. The highest BCUT2D eigenvalue weighted by molar-refractivity contribution is 5.78. The van der Waals surface area contributed by atoms with E-state index in [1.54, 1.807) is 6.92 Å². The van der Waals surface area contributed by atoms with Crippen molar-refractivity contribution in [1.29, 1.82) is 0 Å². The van der Waals surface area contributed by atoms with Crippen LogP contribution in [0.1, 0.15) is 78.9 Å². The number of nitrogens with zero attached hydrogens (tertiary/aromatic N) is 1. The summed E-state index contributed by atoms with van der Waals surface area (Å²) in [5, 5.41) is 6.89. The first-order valence-electron chi connectivity index (χ1n) is 13.5. The van der Waals surface area contributed by atoms with Crippen LogP contribution in [0.25, 0.3) is 0 Å². The number of anilines is 1. The highest BCUT2D eigenvalue weighted by Gasteiger charge is 2.13. The van der Waals surface area contributed by atoms with Gasteiger partial charge in [0.15, 0.2) is 0 Å². The van der Waals surface area contributed by atoms with Gasteiger partial charge in [0.05, 0.1) is 6.10 Å². The Morgan fingerprint density at radius 1 is 1.05 bits per heavy atom. The summed E-state index contributed by atoms with van der Waals surface area (Å²) in [6, 6.07) is 16.7. The smallest absolute Gasteiger partial charge is 0.290 e. The molecule has 0 spiro atoms. The van der Waals surface area contributed by atoms with Gasteiger partial charge in [-0.25, -0.2) is 0 Å². The molecule has 1 atom stereocenters. The lowest BCUT2D eigenvalue weighted by Gasteiger charge is -2.27. The Morgan fingerprint density at radius 2 is 1.65 bits per heavy atom. The number of ether oxygens (including phenoxy) is 1. The minimum absolute atomic E-state index is 0.183. The summed E-state index contributed by atoms with van der Waals surface area (Å²) in [6.45, 7) is 16.5. The SMILES string of the molecule is CC(=O)Cc1ccc(OC(C)C)cc1.CCCCN(CC)c1ccccc1CC(N)CC(C)C.O=CO. The molecule has 2 aromatic carbocycles. The van der Waals surface area contributed by atoms with E-state index in [1.807, 2.05) is 38.1 Å². The standard InChI is InChI=1S/C18H32N2.C12H16O2.CH2O2/c1-5-7-12-20(6-2)18-11-9-8-10-16(18)14-17(19)13-15(3)4;1-9(2)14-12-6-4-11(5-7-12)8-10(3)13;2-1-3/h8-11,15,17H,5-7,12-14,19H2,1-4H3;4-7,9H,8H2,1-3H3;1H,(H,2,3). The van der Waals surface area contributed by atoms with E-state index >= 15 is 0 Å². The van der Waals surface area contributed by atoms with Crippen molar-refractivity contribution in [2.75, 3.05) is 18.0 Å². The van der Waals surface area contributed by atoms with Crippen molar-refractivity contribution in [1.82, 2.24) is 0 Å². The molecule has 208 valence electrons. The normalized spacial score (nSPS) is 11.1. The summed E-state index contributed by atoms with van der Waals surface area (Å²) in [7, 11) is 0. The number of benzene rings is 2. The number of para-hydroxylation sites is 1. The summed E-state index contributed by atoms with van der Waals surface area (Å²) >= 11 is 0. The van der Waals surface area contributed by atoms with E-state index in [2.05, 4.69) is 56.9 Å². The van der Waals surface area contributed by atoms with Gasteiger partial charge in [-0.2, -0.15) is 0 Å². The Balaban J connectivity index is 0.000000664. The molecular formula is C31H50N2O4. The van der Waals surface area contributed by atoms with E-state index in [9.17, 15) is 4.79 Å². The number of Topliss-reactive ketones (excluding diaryl/α,β-unsaturated/α-hetero) is 1. The second-order valence-electron chi connectivity index (χ2n) is 9.95. The quantitative estimate of drug-likeness (QED) is 0.295. The Morgan fingerprint density at radius 3 is 2.14 bits per heavy atom. The van der Waals surface area contributed by atoms with Crippen molar-refractivity contribution >= 4 is 17.9 Å². The van der Waals surface area contributed by atoms with Crippen LogP contribution in [-0.4, -0.2) is 42.6 Å². The number of nitrogens with two attached hydrogens (primary N) is 1. The van der Waals surface area contributed by atoms with E-state index in [0.29, 0.717) is 12.3 Å². The average molecular weight is 515 g/mol. The Bertz CT molecular complexity index is 866. The molecule has 2 rings (SSSR count). The van der Waals surface area contributed by atoms with Crippen molar-refractivity contribution in [3.05, 3.63) is 59.7 Å². The molecule has 1 unspecified atom stereocenters. The minimum atomic E-state index is -0.250. The van der Waals surface area contributed by atoms with Gasteiger partial charge >= 0.3 is 0 Å². The third-order valence-corrected chi connectivity index (χ3v) is 5.50.